The van der Waals surface area contributed by atoms with Gasteiger partial charge in [0, 0.05) is 24.4 Å². The molecule has 1 aliphatic heterocycles. The number of carboxylic acid groups (broad SMARTS) is 1. The van der Waals surface area contributed by atoms with Crippen LogP contribution in [0.1, 0.15) is 87.4 Å². The van der Waals surface area contributed by atoms with Crippen LogP contribution in [0, 0.1) is 11.8 Å². The van der Waals surface area contributed by atoms with Gasteiger partial charge >= 0.3 is 6.09 Å². The monoisotopic (exact) mass is 675 g/mol. The number of primary amides is 1. The molecule has 0 aromatic heterocycles. The topological polar surface area (TPSA) is 222 Å². The van der Waals surface area contributed by atoms with Crippen molar-refractivity contribution in [1.29, 1.82) is 0 Å². The number of nitrogens with zero attached hydrogens (tertiary/aromatic N) is 1. The molecular formula is C32H45N5O9S. The molecule has 1 aromatic carbocycles. The molecule has 2 aliphatic carbocycles. The minimum absolute atomic E-state index is 0.0576. The number of carbonyl (C=O) groups is 6. The molecular weight excluding hydrogens is 630 g/mol. The number of nitrogens with two attached hydrogens (primary N) is 1. The summed E-state index contributed by atoms with van der Waals surface area (Å²) in [5.74, 6) is -3.65. The van der Waals surface area contributed by atoms with E-state index in [1.54, 1.807) is 4.90 Å². The van der Waals surface area contributed by atoms with Crippen molar-refractivity contribution in [3.8, 4) is 0 Å². The Morgan fingerprint density at radius 2 is 1.62 bits per heavy atom. The molecule has 14 nitrogen and oxygen atoms in total. The standard InChI is InChI=1S/C32H45N5O9S/c1-47(45,46)23-14-11-20(12-15-23)29(40)36-25(17-19-7-3-2-4-8-19)31(42)37-22-13-10-21(18-22)26(37)30(41)35-24(27(38)28(33)39)9-5-6-16-34-32(43)44/h11-12,14-15,19,21-22,24-26,34H,2-10,13,16-18H2,1H3,(H2,33,39)(H,35,41)(H,36,40)(H,43,44)/t21?,22?,24?,25?,26-/m0/s1. The minimum Gasteiger partial charge on any atom is -0.465 e. The van der Waals surface area contributed by atoms with Crippen LogP contribution in [0.4, 0.5) is 4.79 Å². The number of unbranched alkanes of at least 4 members (excludes halogenated alkanes) is 1. The molecule has 5 amide bonds. The average Bonchev–Trinajstić information content (AvgIpc) is 3.65. The van der Waals surface area contributed by atoms with E-state index in [1.165, 1.54) is 24.3 Å². The fraction of sp³-hybridized carbons (Fsp3) is 0.625. The zero-order valence-electron chi connectivity index (χ0n) is 26.6. The molecule has 0 spiro atoms. The number of hydrogen-bond donors (Lipinski definition) is 5. The molecule has 47 heavy (non-hydrogen) atoms. The number of benzene rings is 1. The molecule has 258 valence electrons. The number of piperidine rings is 1. The number of sulfone groups is 1. The van der Waals surface area contributed by atoms with Crippen molar-refractivity contribution in [2.24, 2.45) is 17.6 Å². The molecule has 1 heterocycles. The lowest BCUT2D eigenvalue weighted by molar-refractivity contribution is -0.146. The van der Waals surface area contributed by atoms with Crippen LogP contribution < -0.4 is 21.7 Å². The molecule has 1 aromatic rings. The third-order valence-electron chi connectivity index (χ3n) is 9.62. The van der Waals surface area contributed by atoms with Crippen molar-refractivity contribution in [3.05, 3.63) is 29.8 Å². The van der Waals surface area contributed by atoms with E-state index in [9.17, 15) is 37.2 Å². The Balaban J connectivity index is 1.52. The summed E-state index contributed by atoms with van der Waals surface area (Å²) in [4.78, 5) is 78.3. The molecule has 3 aliphatic rings. The number of likely N-dealkylation sites (tertiary alicyclic amines) is 1. The van der Waals surface area contributed by atoms with Crippen molar-refractivity contribution in [2.75, 3.05) is 12.8 Å². The van der Waals surface area contributed by atoms with Gasteiger partial charge < -0.3 is 31.7 Å². The molecule has 3 fully saturated rings. The van der Waals surface area contributed by atoms with Gasteiger partial charge in [-0.05, 0) is 81.0 Å². The Morgan fingerprint density at radius 3 is 2.23 bits per heavy atom. The van der Waals surface area contributed by atoms with Crippen LogP contribution >= 0.6 is 0 Å². The van der Waals surface area contributed by atoms with E-state index in [0.29, 0.717) is 38.5 Å². The Kier molecular flexibility index (Phi) is 12.0. The summed E-state index contributed by atoms with van der Waals surface area (Å²) in [5, 5.41) is 16.5. The molecule has 4 rings (SSSR count). The van der Waals surface area contributed by atoms with Gasteiger partial charge in [-0.25, -0.2) is 13.2 Å². The number of nitrogens with one attached hydrogen (secondary N) is 3. The lowest BCUT2D eigenvalue weighted by Gasteiger charge is -2.38. The number of hydrogen-bond acceptors (Lipinski definition) is 8. The van der Waals surface area contributed by atoms with Gasteiger partial charge in [0.25, 0.3) is 11.8 Å². The highest BCUT2D eigenvalue weighted by Crippen LogP contribution is 2.43. The summed E-state index contributed by atoms with van der Waals surface area (Å²) in [6, 6.07) is 2.19. The lowest BCUT2D eigenvalue weighted by Crippen LogP contribution is -2.60. The smallest absolute Gasteiger partial charge is 0.404 e. The molecule has 2 saturated carbocycles. The van der Waals surface area contributed by atoms with Crippen LogP contribution in [-0.4, -0.2) is 90.9 Å². The number of Topliss-reactive ketones (excluding diaryl/α,β-unsaturated/α-hetero) is 1. The first-order valence-electron chi connectivity index (χ1n) is 16.3. The van der Waals surface area contributed by atoms with Crippen molar-refractivity contribution in [2.45, 2.75) is 106 Å². The Bertz CT molecular complexity index is 1460. The fourth-order valence-corrected chi connectivity index (χ4v) is 7.89. The third kappa shape index (κ3) is 9.30. The fourth-order valence-electron chi connectivity index (χ4n) is 7.26. The maximum atomic E-state index is 14.4. The van der Waals surface area contributed by atoms with Crippen LogP contribution in [0.25, 0.3) is 0 Å². The van der Waals surface area contributed by atoms with Gasteiger partial charge in [0.1, 0.15) is 12.1 Å². The average molecular weight is 676 g/mol. The summed E-state index contributed by atoms with van der Waals surface area (Å²) in [6.45, 7) is 0.130. The highest BCUT2D eigenvalue weighted by Gasteiger charge is 2.53. The number of rotatable bonds is 15. The summed E-state index contributed by atoms with van der Waals surface area (Å²) >= 11 is 0. The van der Waals surface area contributed by atoms with Gasteiger partial charge in [-0.1, -0.05) is 32.1 Å². The van der Waals surface area contributed by atoms with Gasteiger partial charge in [0.15, 0.2) is 9.84 Å². The van der Waals surface area contributed by atoms with Crippen molar-refractivity contribution in [1.82, 2.24) is 20.9 Å². The van der Waals surface area contributed by atoms with E-state index in [2.05, 4.69) is 16.0 Å². The molecule has 0 radical (unpaired) electrons. The van der Waals surface area contributed by atoms with Crippen LogP contribution in [-0.2, 0) is 29.0 Å². The quantitative estimate of drug-likeness (QED) is 0.134. The van der Waals surface area contributed by atoms with Crippen molar-refractivity contribution >= 4 is 45.3 Å². The van der Waals surface area contributed by atoms with E-state index >= 15 is 0 Å². The van der Waals surface area contributed by atoms with E-state index < -0.39 is 57.6 Å². The SMILES string of the molecule is CS(=O)(=O)c1ccc(C(=O)NC(CC2CCCCC2)C(=O)N2C3CCC(C3)[C@H]2C(=O)NC(CCCCNC(=O)O)C(=O)C(N)=O)cc1. The van der Waals surface area contributed by atoms with Crippen LogP contribution in [0.15, 0.2) is 29.2 Å². The number of fused-ring (bicyclic) bond motifs is 2. The molecule has 4 unspecified atom stereocenters. The largest absolute Gasteiger partial charge is 0.465 e. The lowest BCUT2D eigenvalue weighted by atomic mass is 9.84. The molecule has 5 atom stereocenters. The van der Waals surface area contributed by atoms with Crippen LogP contribution in [0.5, 0.6) is 0 Å². The number of ketones is 1. The molecule has 6 N–H and O–H groups in total. The summed E-state index contributed by atoms with van der Waals surface area (Å²) in [5.41, 5.74) is 5.46. The summed E-state index contributed by atoms with van der Waals surface area (Å²) in [6.07, 6.45) is 7.98. The van der Waals surface area contributed by atoms with Crippen molar-refractivity contribution < 1.29 is 42.3 Å². The van der Waals surface area contributed by atoms with E-state index in [-0.39, 0.29) is 47.2 Å². The van der Waals surface area contributed by atoms with Gasteiger partial charge in [0.2, 0.25) is 17.6 Å². The predicted molar refractivity (Wildman–Crippen MR) is 170 cm³/mol. The van der Waals surface area contributed by atoms with Gasteiger partial charge in [-0.2, -0.15) is 0 Å². The Morgan fingerprint density at radius 1 is 0.936 bits per heavy atom. The summed E-state index contributed by atoms with van der Waals surface area (Å²) < 4.78 is 23.8. The number of carbonyl (C=O) groups excluding carboxylic acids is 5. The first-order chi connectivity index (χ1) is 22.3. The zero-order valence-corrected chi connectivity index (χ0v) is 27.4. The van der Waals surface area contributed by atoms with Gasteiger partial charge in [-0.15, -0.1) is 0 Å². The Hall–Kier alpha value is -4.01. The first kappa shape index (κ1) is 35.8. The second-order valence-electron chi connectivity index (χ2n) is 13.0. The van der Waals surface area contributed by atoms with E-state index in [1.807, 2.05) is 0 Å². The van der Waals surface area contributed by atoms with Crippen LogP contribution in [0.3, 0.4) is 0 Å². The highest BCUT2D eigenvalue weighted by atomic mass is 32.2. The van der Waals surface area contributed by atoms with Gasteiger partial charge in [-0.3, -0.25) is 24.0 Å². The molecule has 15 heteroatoms. The van der Waals surface area contributed by atoms with E-state index in [4.69, 9.17) is 10.8 Å². The van der Waals surface area contributed by atoms with Crippen molar-refractivity contribution in [3.63, 3.8) is 0 Å². The third-order valence-corrected chi connectivity index (χ3v) is 10.8. The highest BCUT2D eigenvalue weighted by molar-refractivity contribution is 7.90. The van der Waals surface area contributed by atoms with E-state index in [0.717, 1.165) is 38.4 Å². The first-order valence-corrected chi connectivity index (χ1v) is 18.2. The number of amides is 5. The molecule has 1 saturated heterocycles. The second-order valence-corrected chi connectivity index (χ2v) is 15.0. The minimum atomic E-state index is -3.46. The Labute approximate surface area is 274 Å². The maximum absolute atomic E-state index is 14.4. The second kappa shape index (κ2) is 15.7. The normalized spacial score (nSPS) is 22.2. The molecule has 2 bridgehead atoms. The zero-order chi connectivity index (χ0) is 34.3. The summed E-state index contributed by atoms with van der Waals surface area (Å²) in [7, 11) is -3.46. The predicted octanol–water partition coefficient (Wildman–Crippen LogP) is 1.52. The van der Waals surface area contributed by atoms with Crippen LogP contribution in [0.2, 0.25) is 0 Å². The maximum Gasteiger partial charge on any atom is 0.404 e. The van der Waals surface area contributed by atoms with Gasteiger partial charge in [0.05, 0.1) is 10.9 Å².